The predicted molar refractivity (Wildman–Crippen MR) is 89.0 cm³/mol. The van der Waals surface area contributed by atoms with E-state index in [-0.39, 0.29) is 23.3 Å². The van der Waals surface area contributed by atoms with Crippen LogP contribution in [0.15, 0.2) is 10.8 Å². The van der Waals surface area contributed by atoms with E-state index < -0.39 is 0 Å². The molecule has 0 N–H and O–H groups in total. The molecule has 0 unspecified atom stereocenters. The van der Waals surface area contributed by atoms with Crippen LogP contribution >= 0.6 is 0 Å². The summed E-state index contributed by atoms with van der Waals surface area (Å²) in [5.74, 6) is 0.730. The van der Waals surface area contributed by atoms with Crippen molar-refractivity contribution in [3.8, 4) is 0 Å². The molecule has 1 aromatic heterocycles. The van der Waals surface area contributed by atoms with Gasteiger partial charge in [-0.1, -0.05) is 0 Å². The van der Waals surface area contributed by atoms with Crippen LogP contribution in [0.5, 0.6) is 0 Å². The van der Waals surface area contributed by atoms with E-state index in [4.69, 9.17) is 9.15 Å². The Bertz CT molecular complexity index is 657. The minimum absolute atomic E-state index is 0.0192. The van der Waals surface area contributed by atoms with Crippen molar-refractivity contribution < 1.29 is 18.7 Å². The highest BCUT2D eigenvalue weighted by Crippen LogP contribution is 2.41. The van der Waals surface area contributed by atoms with Gasteiger partial charge in [-0.05, 0) is 32.6 Å². The van der Waals surface area contributed by atoms with Gasteiger partial charge in [0.15, 0.2) is 12.1 Å². The van der Waals surface area contributed by atoms with Gasteiger partial charge in [0, 0.05) is 44.6 Å². The van der Waals surface area contributed by atoms with Crippen molar-refractivity contribution in [2.24, 2.45) is 5.41 Å². The monoisotopic (exact) mass is 347 g/mol. The van der Waals surface area contributed by atoms with Crippen molar-refractivity contribution >= 4 is 11.8 Å². The summed E-state index contributed by atoms with van der Waals surface area (Å²) >= 11 is 0. The number of nitrogens with zero attached hydrogens (tertiary/aromatic N) is 3. The highest BCUT2D eigenvalue weighted by Gasteiger charge is 2.46. The Morgan fingerprint density at radius 1 is 1.40 bits per heavy atom. The van der Waals surface area contributed by atoms with E-state index in [2.05, 4.69) is 4.98 Å². The van der Waals surface area contributed by atoms with Crippen molar-refractivity contribution in [2.45, 2.75) is 45.1 Å². The first-order valence-electron chi connectivity index (χ1n) is 9.15. The third-order valence-corrected chi connectivity index (χ3v) is 5.91. The maximum Gasteiger partial charge on any atom is 0.276 e. The Morgan fingerprint density at radius 3 is 2.84 bits per heavy atom. The Hall–Kier alpha value is -1.89. The second-order valence-electron chi connectivity index (χ2n) is 7.64. The topological polar surface area (TPSA) is 75.9 Å². The van der Waals surface area contributed by atoms with Crippen LogP contribution in [0, 0.1) is 12.3 Å². The third kappa shape index (κ3) is 3.17. The van der Waals surface area contributed by atoms with Crippen molar-refractivity contribution in [3.63, 3.8) is 0 Å². The first kappa shape index (κ1) is 16.6. The molecule has 7 nitrogen and oxygen atoms in total. The van der Waals surface area contributed by atoms with Crippen molar-refractivity contribution in [2.75, 3.05) is 32.8 Å². The molecule has 4 heterocycles. The fourth-order valence-corrected chi connectivity index (χ4v) is 4.36. The standard InChI is InChI=1S/C18H25N3O4/c1-13-16(19-12-25-13)17(23)20-6-4-18(5-7-20)9-15(22)21(11-18)10-14-3-2-8-24-14/h12,14H,2-11H2,1H3/t14-/m1/s1. The molecular formula is C18H25N3O4. The normalized spacial score (nSPS) is 26.0. The first-order valence-corrected chi connectivity index (χ1v) is 9.15. The van der Waals surface area contributed by atoms with Crippen LogP contribution in [0.2, 0.25) is 0 Å². The van der Waals surface area contributed by atoms with E-state index in [1.54, 1.807) is 6.92 Å². The highest BCUT2D eigenvalue weighted by molar-refractivity contribution is 5.93. The largest absolute Gasteiger partial charge is 0.448 e. The lowest BCUT2D eigenvalue weighted by atomic mass is 9.77. The summed E-state index contributed by atoms with van der Waals surface area (Å²) in [4.78, 5) is 32.8. The van der Waals surface area contributed by atoms with Crippen LogP contribution in [0.25, 0.3) is 0 Å². The number of likely N-dealkylation sites (tertiary alicyclic amines) is 2. The number of hydrogen-bond acceptors (Lipinski definition) is 5. The number of ether oxygens (including phenoxy) is 1. The summed E-state index contributed by atoms with van der Waals surface area (Å²) in [6.45, 7) is 5.44. The quantitative estimate of drug-likeness (QED) is 0.830. The third-order valence-electron chi connectivity index (χ3n) is 5.91. The van der Waals surface area contributed by atoms with Gasteiger partial charge in [0.05, 0.1) is 6.10 Å². The maximum absolute atomic E-state index is 12.6. The SMILES string of the molecule is Cc1ocnc1C(=O)N1CCC2(CC1)CC(=O)N(C[C@H]1CCCO1)C2. The zero-order valence-corrected chi connectivity index (χ0v) is 14.7. The van der Waals surface area contributed by atoms with Crippen molar-refractivity contribution in [1.82, 2.24) is 14.8 Å². The molecule has 3 aliphatic rings. The van der Waals surface area contributed by atoms with Gasteiger partial charge < -0.3 is 19.0 Å². The first-order chi connectivity index (χ1) is 12.1. The summed E-state index contributed by atoms with van der Waals surface area (Å²) in [5, 5.41) is 0. The van der Waals surface area contributed by atoms with Crippen LogP contribution in [-0.2, 0) is 9.53 Å². The summed E-state index contributed by atoms with van der Waals surface area (Å²) in [7, 11) is 0. The summed E-state index contributed by atoms with van der Waals surface area (Å²) in [5.41, 5.74) is 0.421. The van der Waals surface area contributed by atoms with E-state index in [0.29, 0.717) is 31.0 Å². The molecule has 3 aliphatic heterocycles. The number of piperidine rings is 1. The van der Waals surface area contributed by atoms with Gasteiger partial charge in [0.1, 0.15) is 5.76 Å². The Morgan fingerprint density at radius 2 is 2.20 bits per heavy atom. The second-order valence-corrected chi connectivity index (χ2v) is 7.64. The smallest absolute Gasteiger partial charge is 0.276 e. The van der Waals surface area contributed by atoms with Crippen LogP contribution in [0.3, 0.4) is 0 Å². The fourth-order valence-electron chi connectivity index (χ4n) is 4.36. The van der Waals surface area contributed by atoms with Crippen LogP contribution in [-0.4, -0.2) is 65.5 Å². The van der Waals surface area contributed by atoms with Gasteiger partial charge in [0.25, 0.3) is 5.91 Å². The minimum Gasteiger partial charge on any atom is -0.448 e. The molecule has 4 rings (SSSR count). The number of carbonyl (C=O) groups is 2. The molecule has 0 aliphatic carbocycles. The average molecular weight is 347 g/mol. The lowest BCUT2D eigenvalue weighted by Crippen LogP contribution is -2.45. The van der Waals surface area contributed by atoms with Gasteiger partial charge in [-0.3, -0.25) is 9.59 Å². The second kappa shape index (κ2) is 6.44. The molecule has 1 spiro atoms. The molecule has 1 atom stereocenters. The molecule has 3 fully saturated rings. The van der Waals surface area contributed by atoms with E-state index in [1.165, 1.54) is 6.39 Å². The Balaban J connectivity index is 1.35. The number of amides is 2. The van der Waals surface area contributed by atoms with Gasteiger partial charge in [-0.25, -0.2) is 4.98 Å². The predicted octanol–water partition coefficient (Wildman–Crippen LogP) is 1.62. The average Bonchev–Trinajstić information content (AvgIpc) is 3.31. The lowest BCUT2D eigenvalue weighted by molar-refractivity contribution is -0.129. The van der Waals surface area contributed by atoms with E-state index in [0.717, 1.165) is 45.4 Å². The van der Waals surface area contributed by atoms with E-state index >= 15 is 0 Å². The van der Waals surface area contributed by atoms with Crippen molar-refractivity contribution in [1.29, 1.82) is 0 Å². The molecular weight excluding hydrogens is 322 g/mol. The molecule has 0 bridgehead atoms. The number of aromatic nitrogens is 1. The molecule has 1 aromatic rings. The molecule has 136 valence electrons. The Kier molecular flexibility index (Phi) is 4.27. The molecule has 7 heteroatoms. The number of rotatable bonds is 3. The molecule has 0 radical (unpaired) electrons. The number of hydrogen-bond donors (Lipinski definition) is 0. The van der Waals surface area contributed by atoms with Gasteiger partial charge >= 0.3 is 0 Å². The molecule has 3 saturated heterocycles. The highest BCUT2D eigenvalue weighted by atomic mass is 16.5. The molecule has 0 aromatic carbocycles. The van der Waals surface area contributed by atoms with Gasteiger partial charge in [-0.2, -0.15) is 0 Å². The van der Waals surface area contributed by atoms with Gasteiger partial charge in [-0.15, -0.1) is 0 Å². The zero-order valence-electron chi connectivity index (χ0n) is 14.7. The Labute approximate surface area is 147 Å². The van der Waals surface area contributed by atoms with Crippen LogP contribution in [0.4, 0.5) is 0 Å². The summed E-state index contributed by atoms with van der Waals surface area (Å²) < 4.78 is 10.8. The lowest BCUT2D eigenvalue weighted by Gasteiger charge is -2.38. The number of oxazole rings is 1. The summed E-state index contributed by atoms with van der Waals surface area (Å²) in [6.07, 6.45) is 5.99. The zero-order chi connectivity index (χ0) is 17.4. The number of aryl methyl sites for hydroxylation is 1. The molecule has 25 heavy (non-hydrogen) atoms. The minimum atomic E-state index is -0.0679. The van der Waals surface area contributed by atoms with Crippen molar-refractivity contribution in [3.05, 3.63) is 17.8 Å². The van der Waals surface area contributed by atoms with Crippen LogP contribution < -0.4 is 0 Å². The molecule has 2 amide bonds. The number of carbonyl (C=O) groups excluding carboxylic acids is 2. The van der Waals surface area contributed by atoms with E-state index in [1.807, 2.05) is 9.80 Å². The fraction of sp³-hybridized carbons (Fsp3) is 0.722. The van der Waals surface area contributed by atoms with Crippen LogP contribution in [0.1, 0.15) is 48.4 Å². The summed E-state index contributed by atoms with van der Waals surface area (Å²) in [6, 6.07) is 0. The van der Waals surface area contributed by atoms with Gasteiger partial charge in [0.2, 0.25) is 5.91 Å². The maximum atomic E-state index is 12.6. The molecule has 0 saturated carbocycles. The van der Waals surface area contributed by atoms with E-state index in [9.17, 15) is 9.59 Å².